The number of pyridine rings is 1. The molecule has 2 aromatic heterocycles. The third-order valence-corrected chi connectivity index (χ3v) is 4.22. The number of ether oxygens (including phenoxy) is 2. The fraction of sp³-hybridized carbons (Fsp3) is 0.111. The van der Waals surface area contributed by atoms with E-state index in [1.54, 1.807) is 37.7 Å². The lowest BCUT2D eigenvalue weighted by molar-refractivity contribution is 0.102. The van der Waals surface area contributed by atoms with Crippen LogP contribution in [0, 0.1) is 0 Å². The number of nitrogens with one attached hydrogen (secondary N) is 1. The van der Waals surface area contributed by atoms with Crippen molar-refractivity contribution in [3.63, 3.8) is 0 Å². The molecule has 0 spiro atoms. The summed E-state index contributed by atoms with van der Waals surface area (Å²) < 4.78 is 11.1. The zero-order valence-electron chi connectivity index (χ0n) is 13.1. The van der Waals surface area contributed by atoms with Gasteiger partial charge in [0.25, 0.3) is 5.91 Å². The second-order valence-corrected chi connectivity index (χ2v) is 5.83. The Bertz CT molecular complexity index is 818. The molecule has 2 heterocycles. The molecule has 24 heavy (non-hydrogen) atoms. The number of nitrogens with zero attached hydrogens (tertiary/aromatic N) is 1. The standard InChI is InChI=1S/C18H16N2O3S/c1-22-15-7-3-2-5-13(15)12-23-16-8-10-24-17(16)18(21)20-14-6-4-9-19-11-14/h2-11H,12H2,1H3,(H,20,21). The van der Waals surface area contributed by atoms with Crippen molar-refractivity contribution in [3.8, 4) is 11.5 Å². The molecule has 0 aliphatic carbocycles. The number of carbonyl (C=O) groups is 1. The number of para-hydroxylation sites is 1. The minimum Gasteiger partial charge on any atom is -0.496 e. The summed E-state index contributed by atoms with van der Waals surface area (Å²) in [6.07, 6.45) is 3.25. The summed E-state index contributed by atoms with van der Waals surface area (Å²) in [7, 11) is 1.62. The van der Waals surface area contributed by atoms with Gasteiger partial charge >= 0.3 is 0 Å². The van der Waals surface area contributed by atoms with Crippen molar-refractivity contribution in [2.75, 3.05) is 12.4 Å². The number of amides is 1. The molecule has 6 heteroatoms. The Kier molecular flexibility index (Phi) is 5.08. The Labute approximate surface area is 143 Å². The summed E-state index contributed by atoms with van der Waals surface area (Å²) in [5, 5.41) is 4.64. The van der Waals surface area contributed by atoms with Gasteiger partial charge in [-0.2, -0.15) is 0 Å². The van der Waals surface area contributed by atoms with E-state index in [1.807, 2.05) is 29.6 Å². The van der Waals surface area contributed by atoms with Crippen LogP contribution in [0.3, 0.4) is 0 Å². The number of carbonyl (C=O) groups excluding carboxylic acids is 1. The Hall–Kier alpha value is -2.86. The molecule has 122 valence electrons. The van der Waals surface area contributed by atoms with Crippen molar-refractivity contribution in [2.24, 2.45) is 0 Å². The number of anilines is 1. The maximum absolute atomic E-state index is 12.4. The van der Waals surface area contributed by atoms with Gasteiger partial charge in [0.05, 0.1) is 19.0 Å². The van der Waals surface area contributed by atoms with Crippen LogP contribution in [-0.4, -0.2) is 18.0 Å². The van der Waals surface area contributed by atoms with E-state index in [0.29, 0.717) is 22.9 Å². The minimum atomic E-state index is -0.215. The maximum atomic E-state index is 12.4. The number of aromatic nitrogens is 1. The average molecular weight is 340 g/mol. The summed E-state index contributed by atoms with van der Waals surface area (Å²) in [5.41, 5.74) is 1.57. The van der Waals surface area contributed by atoms with Gasteiger partial charge in [-0.15, -0.1) is 11.3 Å². The SMILES string of the molecule is COc1ccccc1COc1ccsc1C(=O)Nc1cccnc1. The summed E-state index contributed by atoms with van der Waals surface area (Å²) in [5.74, 6) is 1.09. The molecule has 3 rings (SSSR count). The lowest BCUT2D eigenvalue weighted by atomic mass is 10.2. The number of hydrogen-bond acceptors (Lipinski definition) is 5. The van der Waals surface area contributed by atoms with E-state index in [0.717, 1.165) is 11.3 Å². The van der Waals surface area contributed by atoms with Crippen molar-refractivity contribution < 1.29 is 14.3 Å². The van der Waals surface area contributed by atoms with Crippen LogP contribution < -0.4 is 14.8 Å². The van der Waals surface area contributed by atoms with E-state index in [-0.39, 0.29) is 5.91 Å². The molecule has 3 aromatic rings. The van der Waals surface area contributed by atoms with Gasteiger partial charge in [0.2, 0.25) is 0 Å². The van der Waals surface area contributed by atoms with Crippen LogP contribution >= 0.6 is 11.3 Å². The topological polar surface area (TPSA) is 60.5 Å². The normalized spacial score (nSPS) is 10.2. The molecule has 1 N–H and O–H groups in total. The van der Waals surface area contributed by atoms with Gasteiger partial charge in [-0.25, -0.2) is 0 Å². The van der Waals surface area contributed by atoms with Crippen molar-refractivity contribution in [2.45, 2.75) is 6.61 Å². The molecule has 1 amide bonds. The third-order valence-electron chi connectivity index (χ3n) is 3.33. The molecule has 0 unspecified atom stereocenters. The van der Waals surface area contributed by atoms with Crippen molar-refractivity contribution in [1.82, 2.24) is 4.98 Å². The van der Waals surface area contributed by atoms with E-state index >= 15 is 0 Å². The molecule has 0 saturated heterocycles. The second-order valence-electron chi connectivity index (χ2n) is 4.91. The van der Waals surface area contributed by atoms with E-state index in [1.165, 1.54) is 11.3 Å². The molecule has 0 aliphatic heterocycles. The summed E-state index contributed by atoms with van der Waals surface area (Å²) >= 11 is 1.33. The fourth-order valence-corrected chi connectivity index (χ4v) is 2.91. The fourth-order valence-electron chi connectivity index (χ4n) is 2.18. The second kappa shape index (κ2) is 7.61. The zero-order chi connectivity index (χ0) is 16.8. The Morgan fingerprint density at radius 2 is 2.04 bits per heavy atom. The Morgan fingerprint density at radius 1 is 1.17 bits per heavy atom. The van der Waals surface area contributed by atoms with Gasteiger partial charge in [-0.3, -0.25) is 9.78 Å². The molecular weight excluding hydrogens is 324 g/mol. The first-order chi connectivity index (χ1) is 11.8. The molecule has 0 radical (unpaired) electrons. The minimum absolute atomic E-state index is 0.215. The van der Waals surface area contributed by atoms with Crippen LogP contribution in [0.5, 0.6) is 11.5 Å². The summed E-state index contributed by atoms with van der Waals surface area (Å²) in [6, 6.07) is 13.0. The van der Waals surface area contributed by atoms with Crippen molar-refractivity contribution >= 4 is 22.9 Å². The molecular formula is C18H16N2O3S. The molecule has 1 aromatic carbocycles. The lowest BCUT2D eigenvalue weighted by Crippen LogP contribution is -2.12. The van der Waals surface area contributed by atoms with Crippen LogP contribution in [0.2, 0.25) is 0 Å². The number of hydrogen-bond donors (Lipinski definition) is 1. The van der Waals surface area contributed by atoms with Gasteiger partial charge in [0.1, 0.15) is 23.0 Å². The molecule has 0 aliphatic rings. The van der Waals surface area contributed by atoms with E-state index in [9.17, 15) is 4.79 Å². The highest BCUT2D eigenvalue weighted by Gasteiger charge is 2.15. The van der Waals surface area contributed by atoms with Crippen LogP contribution in [0.4, 0.5) is 5.69 Å². The van der Waals surface area contributed by atoms with Crippen LogP contribution in [0.25, 0.3) is 0 Å². The van der Waals surface area contributed by atoms with E-state index < -0.39 is 0 Å². The quantitative estimate of drug-likeness (QED) is 0.737. The lowest BCUT2D eigenvalue weighted by Gasteiger charge is -2.10. The number of rotatable bonds is 6. The van der Waals surface area contributed by atoms with Gasteiger partial charge < -0.3 is 14.8 Å². The Morgan fingerprint density at radius 3 is 2.83 bits per heavy atom. The molecule has 5 nitrogen and oxygen atoms in total. The van der Waals surface area contributed by atoms with Crippen LogP contribution in [0.1, 0.15) is 15.2 Å². The molecule has 0 fully saturated rings. The van der Waals surface area contributed by atoms with Gasteiger partial charge in [-0.1, -0.05) is 18.2 Å². The highest BCUT2D eigenvalue weighted by Crippen LogP contribution is 2.28. The average Bonchev–Trinajstić information content (AvgIpc) is 3.10. The molecule has 0 saturated carbocycles. The number of methoxy groups -OCH3 is 1. The Balaban J connectivity index is 1.70. The predicted molar refractivity (Wildman–Crippen MR) is 93.8 cm³/mol. The molecule has 0 bridgehead atoms. The first kappa shape index (κ1) is 16.0. The van der Waals surface area contributed by atoms with Crippen molar-refractivity contribution in [1.29, 1.82) is 0 Å². The van der Waals surface area contributed by atoms with Crippen LogP contribution in [-0.2, 0) is 6.61 Å². The monoisotopic (exact) mass is 340 g/mol. The summed E-state index contributed by atoms with van der Waals surface area (Å²) in [6.45, 7) is 0.327. The first-order valence-electron chi connectivity index (χ1n) is 7.31. The highest BCUT2D eigenvalue weighted by molar-refractivity contribution is 7.12. The first-order valence-corrected chi connectivity index (χ1v) is 8.19. The van der Waals surface area contributed by atoms with E-state index in [4.69, 9.17) is 9.47 Å². The third kappa shape index (κ3) is 3.72. The van der Waals surface area contributed by atoms with Crippen molar-refractivity contribution in [3.05, 3.63) is 70.7 Å². The number of benzene rings is 1. The van der Waals surface area contributed by atoms with Crippen LogP contribution in [0.15, 0.2) is 60.2 Å². The number of thiophene rings is 1. The van der Waals surface area contributed by atoms with Gasteiger partial charge in [0.15, 0.2) is 0 Å². The largest absolute Gasteiger partial charge is 0.496 e. The zero-order valence-corrected chi connectivity index (χ0v) is 13.9. The molecule has 0 atom stereocenters. The highest BCUT2D eigenvalue weighted by atomic mass is 32.1. The maximum Gasteiger partial charge on any atom is 0.269 e. The van der Waals surface area contributed by atoms with Gasteiger partial charge in [0, 0.05) is 11.8 Å². The summed E-state index contributed by atoms with van der Waals surface area (Å²) in [4.78, 5) is 16.9. The predicted octanol–water partition coefficient (Wildman–Crippen LogP) is 3.98. The smallest absolute Gasteiger partial charge is 0.269 e. The van der Waals surface area contributed by atoms with E-state index in [2.05, 4.69) is 10.3 Å². The van der Waals surface area contributed by atoms with Gasteiger partial charge in [-0.05, 0) is 29.6 Å².